The molecule has 146 valence electrons. The lowest BCUT2D eigenvalue weighted by atomic mass is 9.94. The topological polar surface area (TPSA) is 145 Å². The van der Waals surface area contributed by atoms with Gasteiger partial charge < -0.3 is 4.84 Å². The third-order valence-electron chi connectivity index (χ3n) is 4.82. The molecule has 4 rings (SSSR count). The van der Waals surface area contributed by atoms with Gasteiger partial charge in [0.2, 0.25) is 12.0 Å². The molecule has 0 aromatic heterocycles. The molecule has 29 heavy (non-hydrogen) atoms. The van der Waals surface area contributed by atoms with Crippen LogP contribution in [-0.2, 0) is 14.4 Å². The summed E-state index contributed by atoms with van der Waals surface area (Å²) in [6, 6.07) is 9.22. The Bertz CT molecular complexity index is 1110. The summed E-state index contributed by atoms with van der Waals surface area (Å²) < 4.78 is 0. The molecule has 11 nitrogen and oxygen atoms in total. The van der Waals surface area contributed by atoms with Gasteiger partial charge in [0.05, 0.1) is 15.5 Å². The van der Waals surface area contributed by atoms with Crippen molar-refractivity contribution in [2.45, 2.75) is 13.0 Å². The highest BCUT2D eigenvalue weighted by atomic mass is 16.7. The third kappa shape index (κ3) is 2.79. The first-order valence-corrected chi connectivity index (χ1v) is 8.41. The Labute approximate surface area is 162 Å². The summed E-state index contributed by atoms with van der Waals surface area (Å²) in [7, 11) is 0. The summed E-state index contributed by atoms with van der Waals surface area (Å²) >= 11 is 0. The molecule has 0 bridgehead atoms. The van der Waals surface area contributed by atoms with Crippen molar-refractivity contribution in [2.75, 3.05) is 4.90 Å². The number of nitro groups is 2. The number of fused-ring (bicyclic) bond motifs is 1. The average Bonchev–Trinajstić information content (AvgIpc) is 3.23. The van der Waals surface area contributed by atoms with Crippen LogP contribution in [0.5, 0.6) is 0 Å². The second-order valence-corrected chi connectivity index (χ2v) is 6.52. The average molecular weight is 396 g/mol. The molecule has 2 amide bonds. The van der Waals surface area contributed by atoms with Gasteiger partial charge in [-0.2, -0.15) is 0 Å². The minimum Gasteiger partial charge on any atom is -0.381 e. The van der Waals surface area contributed by atoms with Crippen LogP contribution in [0.2, 0.25) is 0 Å². The maximum atomic E-state index is 13.0. The van der Waals surface area contributed by atoms with Crippen molar-refractivity contribution >= 4 is 34.6 Å². The molecule has 11 heteroatoms. The van der Waals surface area contributed by atoms with E-state index < -0.39 is 33.7 Å². The Morgan fingerprint density at radius 2 is 1.59 bits per heavy atom. The zero-order chi connectivity index (χ0) is 20.9. The molecule has 2 aromatic rings. The van der Waals surface area contributed by atoms with Gasteiger partial charge in [0.25, 0.3) is 17.3 Å². The minimum atomic E-state index is -1.15. The quantitative estimate of drug-likeness (QED) is 0.437. The number of amides is 2. The predicted octanol–water partition coefficient (Wildman–Crippen LogP) is 2.10. The number of hydrogen-bond acceptors (Lipinski definition) is 8. The maximum absolute atomic E-state index is 13.0. The molecule has 1 fully saturated rings. The van der Waals surface area contributed by atoms with Gasteiger partial charge in [0.15, 0.2) is 0 Å². The molecule has 0 saturated carbocycles. The summed E-state index contributed by atoms with van der Waals surface area (Å²) in [4.78, 5) is 52.5. The van der Waals surface area contributed by atoms with Gasteiger partial charge in [-0.1, -0.05) is 5.16 Å². The number of nitrogens with zero attached hydrogens (tertiary/aromatic N) is 4. The fraction of sp³-hybridized carbons (Fsp3) is 0.167. The van der Waals surface area contributed by atoms with E-state index in [4.69, 9.17) is 4.84 Å². The SMILES string of the molecule is Cc1cc([N+](=O)[O-])ccc1N1C(=O)[C@H]2C(c3ccc([N+](=O)[O-])cc3)=NO[C@@H]2C1=O. The van der Waals surface area contributed by atoms with Crippen LogP contribution in [0.1, 0.15) is 11.1 Å². The first-order valence-electron chi connectivity index (χ1n) is 8.41. The van der Waals surface area contributed by atoms with E-state index in [1.54, 1.807) is 6.92 Å². The zero-order valence-electron chi connectivity index (χ0n) is 14.8. The van der Waals surface area contributed by atoms with Crippen LogP contribution >= 0.6 is 0 Å². The fourth-order valence-corrected chi connectivity index (χ4v) is 3.41. The molecular weight excluding hydrogens is 384 g/mol. The number of non-ortho nitro benzene ring substituents is 2. The molecule has 2 aliphatic rings. The van der Waals surface area contributed by atoms with Crippen molar-refractivity contribution in [1.82, 2.24) is 0 Å². The summed E-state index contributed by atoms with van der Waals surface area (Å²) in [6.45, 7) is 1.56. The van der Waals surface area contributed by atoms with E-state index in [1.807, 2.05) is 0 Å². The number of carbonyl (C=O) groups is 2. The normalized spacial score (nSPS) is 20.3. The Balaban J connectivity index is 1.67. The molecular formula is C18H12N4O7. The number of carbonyl (C=O) groups excluding carboxylic acids is 2. The molecule has 1 saturated heterocycles. The molecule has 0 aliphatic carbocycles. The predicted molar refractivity (Wildman–Crippen MR) is 98.3 cm³/mol. The number of rotatable bonds is 4. The lowest BCUT2D eigenvalue weighted by Crippen LogP contribution is -2.33. The fourth-order valence-electron chi connectivity index (χ4n) is 3.41. The van der Waals surface area contributed by atoms with Crippen LogP contribution in [0, 0.1) is 33.1 Å². The van der Waals surface area contributed by atoms with Crippen LogP contribution < -0.4 is 4.90 Å². The molecule has 2 heterocycles. The van der Waals surface area contributed by atoms with E-state index in [0.29, 0.717) is 11.1 Å². The monoisotopic (exact) mass is 396 g/mol. The Morgan fingerprint density at radius 1 is 0.966 bits per heavy atom. The second-order valence-electron chi connectivity index (χ2n) is 6.52. The van der Waals surface area contributed by atoms with Gasteiger partial charge in [-0.3, -0.25) is 29.8 Å². The number of oxime groups is 1. The highest BCUT2D eigenvalue weighted by Gasteiger charge is 2.56. The van der Waals surface area contributed by atoms with Crippen molar-refractivity contribution in [3.8, 4) is 0 Å². The van der Waals surface area contributed by atoms with Crippen LogP contribution in [0.3, 0.4) is 0 Å². The van der Waals surface area contributed by atoms with Crippen molar-refractivity contribution < 1.29 is 24.3 Å². The van der Waals surface area contributed by atoms with Crippen LogP contribution in [0.4, 0.5) is 17.1 Å². The second kappa shape index (κ2) is 6.48. The number of imide groups is 1. The molecule has 2 aromatic carbocycles. The first kappa shape index (κ1) is 18.2. The number of nitro benzene ring substituents is 2. The Hall–Kier alpha value is -4.15. The molecule has 0 unspecified atom stereocenters. The number of aryl methyl sites for hydroxylation is 1. The van der Waals surface area contributed by atoms with E-state index >= 15 is 0 Å². The first-order chi connectivity index (χ1) is 13.8. The Kier molecular flexibility index (Phi) is 4.07. The lowest BCUT2D eigenvalue weighted by molar-refractivity contribution is -0.385. The molecule has 0 radical (unpaired) electrons. The van der Waals surface area contributed by atoms with E-state index in [9.17, 15) is 29.8 Å². The number of hydrogen-bond donors (Lipinski definition) is 0. The van der Waals surface area contributed by atoms with Gasteiger partial charge in [0.1, 0.15) is 11.6 Å². The van der Waals surface area contributed by atoms with Gasteiger partial charge in [0, 0.05) is 29.8 Å². The third-order valence-corrected chi connectivity index (χ3v) is 4.82. The molecule has 2 atom stereocenters. The lowest BCUT2D eigenvalue weighted by Gasteiger charge is -2.17. The molecule has 2 aliphatic heterocycles. The highest BCUT2D eigenvalue weighted by Crippen LogP contribution is 2.37. The largest absolute Gasteiger partial charge is 0.381 e. The molecule has 0 spiro atoms. The van der Waals surface area contributed by atoms with Gasteiger partial charge in [-0.05, 0) is 30.7 Å². The summed E-state index contributed by atoms with van der Waals surface area (Å²) in [5.41, 5.74) is 0.954. The summed E-state index contributed by atoms with van der Waals surface area (Å²) in [5, 5.41) is 25.6. The van der Waals surface area contributed by atoms with E-state index in [1.165, 1.54) is 42.5 Å². The summed E-state index contributed by atoms with van der Waals surface area (Å²) in [5.74, 6) is -2.21. The zero-order valence-corrected chi connectivity index (χ0v) is 14.8. The van der Waals surface area contributed by atoms with Gasteiger partial charge in [-0.25, -0.2) is 4.90 Å². The van der Waals surface area contributed by atoms with E-state index in [0.717, 1.165) is 4.90 Å². The van der Waals surface area contributed by atoms with Crippen molar-refractivity contribution in [3.63, 3.8) is 0 Å². The van der Waals surface area contributed by atoms with Crippen molar-refractivity contribution in [1.29, 1.82) is 0 Å². The van der Waals surface area contributed by atoms with Crippen molar-refractivity contribution in [2.24, 2.45) is 11.1 Å². The van der Waals surface area contributed by atoms with Crippen molar-refractivity contribution in [3.05, 3.63) is 73.8 Å². The number of anilines is 1. The maximum Gasteiger partial charge on any atom is 0.278 e. The van der Waals surface area contributed by atoms with E-state index in [2.05, 4.69) is 5.16 Å². The van der Waals surface area contributed by atoms with Crippen LogP contribution in [0.25, 0.3) is 0 Å². The smallest absolute Gasteiger partial charge is 0.278 e. The number of benzene rings is 2. The van der Waals surface area contributed by atoms with Gasteiger partial charge in [-0.15, -0.1) is 0 Å². The molecule has 0 N–H and O–H groups in total. The van der Waals surface area contributed by atoms with Crippen LogP contribution in [-0.4, -0.2) is 33.5 Å². The van der Waals surface area contributed by atoms with E-state index in [-0.39, 0.29) is 22.8 Å². The minimum absolute atomic E-state index is 0.123. The van der Waals surface area contributed by atoms with Gasteiger partial charge >= 0.3 is 0 Å². The standard InChI is InChI=1S/C18H12N4O7/c1-9-8-12(22(27)28)6-7-13(9)20-17(23)14-15(19-29-16(14)18(20)24)10-2-4-11(5-3-10)21(25)26/h2-8,14,16H,1H3/t14-,16-/m0/s1. The van der Waals surface area contributed by atoms with Crippen LogP contribution in [0.15, 0.2) is 47.6 Å². The highest BCUT2D eigenvalue weighted by molar-refractivity contribution is 6.32. The summed E-state index contributed by atoms with van der Waals surface area (Å²) in [6.07, 6.45) is -1.15. The Morgan fingerprint density at radius 3 is 2.17 bits per heavy atom.